The van der Waals surface area contributed by atoms with Gasteiger partial charge < -0.3 is 32.9 Å². The number of amides is 3. The zero-order valence-electron chi connectivity index (χ0n) is 13.2. The molecule has 0 heterocycles. The number of carboxylic acid groups (broad SMARTS) is 1. The number of thiol groups is 1. The topological polar surface area (TPSA) is 191 Å². The highest BCUT2D eigenvalue weighted by Crippen LogP contribution is 2.03. The molecule has 0 aromatic heterocycles. The molecule has 0 saturated carbocycles. The fourth-order valence-electron chi connectivity index (χ4n) is 1.81. The van der Waals surface area contributed by atoms with Crippen LogP contribution in [0.4, 0.5) is 0 Å². The van der Waals surface area contributed by atoms with E-state index in [-0.39, 0.29) is 18.6 Å². The van der Waals surface area contributed by atoms with Gasteiger partial charge in [-0.3, -0.25) is 14.4 Å². The first-order valence-electron chi connectivity index (χ1n) is 7.41. The lowest BCUT2D eigenvalue weighted by molar-refractivity contribution is -0.141. The van der Waals surface area contributed by atoms with Gasteiger partial charge in [0.05, 0.1) is 12.5 Å². The summed E-state index contributed by atoms with van der Waals surface area (Å²) in [6.07, 6.45) is 1.05. The lowest BCUT2D eigenvalue weighted by atomic mass is 10.1. The van der Waals surface area contributed by atoms with Gasteiger partial charge in [-0.15, -0.1) is 0 Å². The molecule has 0 aliphatic rings. The minimum Gasteiger partial charge on any atom is -0.480 e. The first kappa shape index (κ1) is 22.1. The lowest BCUT2D eigenvalue weighted by Gasteiger charge is -2.22. The molecule has 10 nitrogen and oxygen atoms in total. The third-order valence-electron chi connectivity index (χ3n) is 3.13. The van der Waals surface area contributed by atoms with E-state index in [0.717, 1.165) is 0 Å². The van der Waals surface area contributed by atoms with Crippen molar-refractivity contribution in [3.05, 3.63) is 0 Å². The van der Waals surface area contributed by atoms with Crippen molar-refractivity contribution in [2.24, 2.45) is 17.2 Å². The van der Waals surface area contributed by atoms with Gasteiger partial charge in [0, 0.05) is 5.75 Å². The minimum atomic E-state index is -1.24. The molecule has 3 unspecified atom stereocenters. The van der Waals surface area contributed by atoms with Crippen molar-refractivity contribution in [2.45, 2.75) is 43.8 Å². The molecule has 0 aromatic rings. The van der Waals surface area contributed by atoms with Crippen LogP contribution in [0.5, 0.6) is 0 Å². The van der Waals surface area contributed by atoms with Crippen LogP contribution in [0.3, 0.4) is 0 Å². The van der Waals surface area contributed by atoms with E-state index < -0.39 is 41.8 Å². The van der Waals surface area contributed by atoms with E-state index in [9.17, 15) is 19.2 Å². The summed E-state index contributed by atoms with van der Waals surface area (Å²) in [7, 11) is 0. The summed E-state index contributed by atoms with van der Waals surface area (Å²) in [6.45, 7) is 0.415. The van der Waals surface area contributed by atoms with Gasteiger partial charge in [0.25, 0.3) is 0 Å². The number of nitrogens with one attached hydrogen (secondary N) is 2. The first-order chi connectivity index (χ1) is 11.2. The quantitative estimate of drug-likeness (QED) is 0.145. The molecule has 0 aliphatic heterocycles. The van der Waals surface area contributed by atoms with Crippen molar-refractivity contribution < 1.29 is 24.3 Å². The van der Waals surface area contributed by atoms with Crippen LogP contribution in [0.1, 0.15) is 25.7 Å². The Morgan fingerprint density at radius 1 is 1.04 bits per heavy atom. The smallest absolute Gasteiger partial charge is 0.327 e. The maximum Gasteiger partial charge on any atom is 0.327 e. The number of carboxylic acids is 1. The average Bonchev–Trinajstić information content (AvgIpc) is 2.50. The second-order valence-corrected chi connectivity index (χ2v) is 5.57. The van der Waals surface area contributed by atoms with Crippen LogP contribution in [0.15, 0.2) is 0 Å². The van der Waals surface area contributed by atoms with Crippen LogP contribution in [0.2, 0.25) is 0 Å². The standard InChI is InChI=1S/C13H25N5O5S/c14-4-2-1-3-8(12(21)18-9(6-24)13(22)23)17-11(20)7(15)5-10(16)19/h7-9,24H,1-6,14-15H2,(H2,16,19)(H,17,20)(H,18,21)(H,22,23). The number of nitrogens with two attached hydrogens (primary N) is 3. The van der Waals surface area contributed by atoms with Gasteiger partial charge in [-0.2, -0.15) is 12.6 Å². The molecule has 0 aromatic carbocycles. The van der Waals surface area contributed by atoms with Crippen LogP contribution in [0, 0.1) is 0 Å². The number of primary amides is 1. The van der Waals surface area contributed by atoms with Gasteiger partial charge >= 0.3 is 5.97 Å². The predicted molar refractivity (Wildman–Crippen MR) is 90.0 cm³/mol. The molecule has 0 fully saturated rings. The third-order valence-corrected chi connectivity index (χ3v) is 3.50. The molecule has 9 N–H and O–H groups in total. The number of hydrogen-bond acceptors (Lipinski definition) is 7. The molecule has 0 saturated heterocycles. The van der Waals surface area contributed by atoms with Crippen molar-refractivity contribution in [1.82, 2.24) is 10.6 Å². The van der Waals surface area contributed by atoms with Crippen molar-refractivity contribution in [3.63, 3.8) is 0 Å². The fraction of sp³-hybridized carbons (Fsp3) is 0.692. The highest BCUT2D eigenvalue weighted by atomic mass is 32.1. The van der Waals surface area contributed by atoms with Crippen molar-refractivity contribution in [3.8, 4) is 0 Å². The van der Waals surface area contributed by atoms with Crippen molar-refractivity contribution in [2.75, 3.05) is 12.3 Å². The number of hydrogen-bond donors (Lipinski definition) is 7. The summed E-state index contributed by atoms with van der Waals surface area (Å²) in [5, 5.41) is 13.6. The third kappa shape index (κ3) is 8.70. The summed E-state index contributed by atoms with van der Waals surface area (Å²) in [5.74, 6) is -3.49. The van der Waals surface area contributed by atoms with E-state index in [1.165, 1.54) is 0 Å². The Hall–Kier alpha value is -1.85. The number of aliphatic carboxylic acids is 1. The summed E-state index contributed by atoms with van der Waals surface area (Å²) >= 11 is 3.85. The Labute approximate surface area is 145 Å². The monoisotopic (exact) mass is 363 g/mol. The predicted octanol–water partition coefficient (Wildman–Crippen LogP) is -2.70. The molecule has 0 radical (unpaired) electrons. The van der Waals surface area contributed by atoms with Gasteiger partial charge in [-0.25, -0.2) is 4.79 Å². The van der Waals surface area contributed by atoms with E-state index in [4.69, 9.17) is 22.3 Å². The van der Waals surface area contributed by atoms with E-state index in [2.05, 4.69) is 23.3 Å². The van der Waals surface area contributed by atoms with Crippen LogP contribution in [-0.4, -0.2) is 59.2 Å². The molecule has 3 atom stereocenters. The normalized spacial score (nSPS) is 14.3. The number of rotatable bonds is 12. The van der Waals surface area contributed by atoms with Crippen molar-refractivity contribution in [1.29, 1.82) is 0 Å². The molecule has 24 heavy (non-hydrogen) atoms. The van der Waals surface area contributed by atoms with Crippen LogP contribution in [0.25, 0.3) is 0 Å². The Morgan fingerprint density at radius 3 is 2.08 bits per heavy atom. The molecule has 0 bridgehead atoms. The zero-order chi connectivity index (χ0) is 18.7. The summed E-state index contributed by atoms with van der Waals surface area (Å²) in [4.78, 5) is 45.9. The maximum absolute atomic E-state index is 12.2. The highest BCUT2D eigenvalue weighted by molar-refractivity contribution is 7.80. The van der Waals surface area contributed by atoms with E-state index in [0.29, 0.717) is 19.4 Å². The Morgan fingerprint density at radius 2 is 1.62 bits per heavy atom. The van der Waals surface area contributed by atoms with Gasteiger partial charge in [0.1, 0.15) is 12.1 Å². The van der Waals surface area contributed by atoms with Gasteiger partial charge in [-0.1, -0.05) is 0 Å². The molecule has 0 aliphatic carbocycles. The van der Waals surface area contributed by atoms with Crippen molar-refractivity contribution >= 4 is 36.3 Å². The summed E-state index contributed by atoms with van der Waals surface area (Å²) < 4.78 is 0. The van der Waals surface area contributed by atoms with Crippen LogP contribution < -0.4 is 27.8 Å². The number of carbonyl (C=O) groups is 4. The average molecular weight is 363 g/mol. The second-order valence-electron chi connectivity index (χ2n) is 5.20. The molecule has 11 heteroatoms. The summed E-state index contributed by atoms with van der Waals surface area (Å²) in [6, 6.07) is -3.37. The van der Waals surface area contributed by atoms with Crippen LogP contribution >= 0.6 is 12.6 Å². The Kier molecular flexibility index (Phi) is 10.8. The Balaban J connectivity index is 4.88. The van der Waals surface area contributed by atoms with E-state index in [1.54, 1.807) is 0 Å². The molecule has 3 amide bonds. The maximum atomic E-state index is 12.2. The largest absolute Gasteiger partial charge is 0.480 e. The van der Waals surface area contributed by atoms with Gasteiger partial charge in [-0.05, 0) is 25.8 Å². The molecule has 0 rings (SSSR count). The molecular formula is C13H25N5O5S. The first-order valence-corrected chi connectivity index (χ1v) is 8.04. The molecular weight excluding hydrogens is 338 g/mol. The number of unbranched alkanes of at least 4 members (excludes halogenated alkanes) is 1. The van der Waals surface area contributed by atoms with E-state index in [1.807, 2.05) is 0 Å². The minimum absolute atomic E-state index is 0.105. The zero-order valence-corrected chi connectivity index (χ0v) is 14.1. The molecule has 138 valence electrons. The van der Waals surface area contributed by atoms with Gasteiger partial charge in [0.15, 0.2) is 0 Å². The highest BCUT2D eigenvalue weighted by Gasteiger charge is 2.27. The second kappa shape index (κ2) is 11.6. The summed E-state index contributed by atoms with van der Waals surface area (Å²) in [5.41, 5.74) is 15.9. The van der Waals surface area contributed by atoms with Gasteiger partial charge in [0.2, 0.25) is 17.7 Å². The molecule has 0 spiro atoms. The fourth-order valence-corrected chi connectivity index (χ4v) is 2.06. The lowest BCUT2D eigenvalue weighted by Crippen LogP contribution is -2.55. The van der Waals surface area contributed by atoms with E-state index >= 15 is 0 Å². The number of carbonyl (C=O) groups excluding carboxylic acids is 3. The Bertz CT molecular complexity index is 462. The SMILES string of the molecule is NCCCCC(NC(=O)C(N)CC(N)=O)C(=O)NC(CS)C(=O)O. The van der Waals surface area contributed by atoms with Crippen LogP contribution in [-0.2, 0) is 19.2 Å².